The Bertz CT molecular complexity index is 321. The molecule has 0 aliphatic heterocycles. The molecule has 0 bridgehead atoms. The summed E-state index contributed by atoms with van der Waals surface area (Å²) in [6.07, 6.45) is 4.37. The molecular formula is C15H24O2. The zero-order valence-corrected chi connectivity index (χ0v) is 11.3. The minimum atomic E-state index is 0.726. The van der Waals surface area contributed by atoms with Crippen molar-refractivity contribution in [1.29, 1.82) is 0 Å². The van der Waals surface area contributed by atoms with Gasteiger partial charge in [-0.1, -0.05) is 26.3 Å². The van der Waals surface area contributed by atoms with Crippen molar-refractivity contribution in [1.82, 2.24) is 0 Å². The molecule has 0 aliphatic carbocycles. The molecule has 1 aromatic carbocycles. The largest absolute Gasteiger partial charge is 0.493 e. The van der Waals surface area contributed by atoms with Gasteiger partial charge in [0.15, 0.2) is 0 Å². The monoisotopic (exact) mass is 236 g/mol. The van der Waals surface area contributed by atoms with E-state index in [9.17, 15) is 0 Å². The van der Waals surface area contributed by atoms with Crippen LogP contribution < -0.4 is 4.74 Å². The van der Waals surface area contributed by atoms with Crippen molar-refractivity contribution in [2.24, 2.45) is 0 Å². The second kappa shape index (κ2) is 8.13. The van der Waals surface area contributed by atoms with Crippen molar-refractivity contribution in [3.8, 4) is 5.75 Å². The van der Waals surface area contributed by atoms with E-state index in [0.29, 0.717) is 0 Å². The number of hydrogen-bond donors (Lipinski definition) is 0. The first-order valence-electron chi connectivity index (χ1n) is 6.55. The van der Waals surface area contributed by atoms with E-state index >= 15 is 0 Å². The van der Waals surface area contributed by atoms with E-state index < -0.39 is 0 Å². The minimum Gasteiger partial charge on any atom is -0.493 e. The quantitative estimate of drug-likeness (QED) is 0.642. The average molecular weight is 236 g/mol. The molecule has 1 aromatic rings. The molecule has 0 saturated carbocycles. The van der Waals surface area contributed by atoms with Crippen LogP contribution in [-0.2, 0) is 17.6 Å². The van der Waals surface area contributed by atoms with E-state index in [1.54, 1.807) is 7.11 Å². The van der Waals surface area contributed by atoms with Crippen LogP contribution in [0.25, 0.3) is 0 Å². The summed E-state index contributed by atoms with van der Waals surface area (Å²) in [4.78, 5) is 0. The highest BCUT2D eigenvalue weighted by Gasteiger charge is 2.02. The molecule has 1 rings (SSSR count). The van der Waals surface area contributed by atoms with Crippen LogP contribution in [0.2, 0.25) is 0 Å². The topological polar surface area (TPSA) is 18.5 Å². The molecular weight excluding hydrogens is 212 g/mol. The van der Waals surface area contributed by atoms with E-state index in [-0.39, 0.29) is 0 Å². The summed E-state index contributed by atoms with van der Waals surface area (Å²) in [6.45, 7) is 5.90. The van der Waals surface area contributed by atoms with Crippen LogP contribution in [0.5, 0.6) is 5.75 Å². The van der Waals surface area contributed by atoms with Crippen LogP contribution >= 0.6 is 0 Å². The van der Waals surface area contributed by atoms with E-state index in [1.165, 1.54) is 17.5 Å². The molecule has 0 aliphatic rings. The predicted molar refractivity (Wildman–Crippen MR) is 71.8 cm³/mol. The maximum Gasteiger partial charge on any atom is 0.119 e. The average Bonchev–Trinajstić information content (AvgIpc) is 2.36. The Morgan fingerprint density at radius 1 is 1.06 bits per heavy atom. The Hall–Kier alpha value is -1.02. The molecule has 0 saturated heterocycles. The molecule has 0 N–H and O–H groups in total. The van der Waals surface area contributed by atoms with Gasteiger partial charge in [-0.25, -0.2) is 0 Å². The smallest absolute Gasteiger partial charge is 0.119 e. The van der Waals surface area contributed by atoms with Crippen molar-refractivity contribution in [2.75, 3.05) is 20.3 Å². The molecule has 2 heteroatoms. The number of benzene rings is 1. The summed E-state index contributed by atoms with van der Waals surface area (Å²) < 4.78 is 10.7. The van der Waals surface area contributed by atoms with Gasteiger partial charge in [0.1, 0.15) is 5.75 Å². The van der Waals surface area contributed by atoms with Crippen molar-refractivity contribution < 1.29 is 9.47 Å². The molecule has 2 nitrogen and oxygen atoms in total. The van der Waals surface area contributed by atoms with E-state index in [1.807, 2.05) is 0 Å². The Kier molecular flexibility index (Phi) is 6.71. The Labute approximate surface area is 105 Å². The van der Waals surface area contributed by atoms with E-state index in [0.717, 1.165) is 38.2 Å². The first-order chi connectivity index (χ1) is 8.31. The fraction of sp³-hybridized carbons (Fsp3) is 0.600. The van der Waals surface area contributed by atoms with Crippen molar-refractivity contribution in [2.45, 2.75) is 39.5 Å². The van der Waals surface area contributed by atoms with Gasteiger partial charge >= 0.3 is 0 Å². The lowest BCUT2D eigenvalue weighted by molar-refractivity contribution is 0.172. The maximum absolute atomic E-state index is 5.70. The van der Waals surface area contributed by atoms with Crippen LogP contribution in [0.15, 0.2) is 18.2 Å². The van der Waals surface area contributed by atoms with Gasteiger partial charge in [-0.15, -0.1) is 0 Å². The van der Waals surface area contributed by atoms with Gasteiger partial charge in [-0.3, -0.25) is 0 Å². The van der Waals surface area contributed by atoms with Gasteiger partial charge in [0, 0.05) is 20.1 Å². The van der Waals surface area contributed by atoms with Gasteiger partial charge in [-0.05, 0) is 36.1 Å². The molecule has 0 spiro atoms. The summed E-state index contributed by atoms with van der Waals surface area (Å²) >= 11 is 0. The fourth-order valence-corrected chi connectivity index (χ4v) is 1.93. The number of ether oxygens (including phenoxy) is 2. The number of methoxy groups -OCH3 is 1. The normalized spacial score (nSPS) is 10.5. The standard InChI is InChI=1S/C15H24O2/c1-4-7-14-8-9-15(12-13(14)5-2)17-11-6-10-16-3/h8-9,12H,4-7,10-11H2,1-3H3. The van der Waals surface area contributed by atoms with Gasteiger partial charge in [0.05, 0.1) is 6.61 Å². The minimum absolute atomic E-state index is 0.726. The van der Waals surface area contributed by atoms with E-state index in [4.69, 9.17) is 9.47 Å². The predicted octanol–water partition coefficient (Wildman–Crippen LogP) is 3.62. The van der Waals surface area contributed by atoms with Gasteiger partial charge in [0.2, 0.25) is 0 Å². The second-order valence-corrected chi connectivity index (χ2v) is 4.23. The molecule has 17 heavy (non-hydrogen) atoms. The number of aryl methyl sites for hydroxylation is 2. The Morgan fingerprint density at radius 3 is 2.53 bits per heavy atom. The van der Waals surface area contributed by atoms with Gasteiger partial charge < -0.3 is 9.47 Å². The summed E-state index contributed by atoms with van der Waals surface area (Å²) in [7, 11) is 1.72. The van der Waals surface area contributed by atoms with Crippen molar-refractivity contribution in [3.05, 3.63) is 29.3 Å². The summed E-state index contributed by atoms with van der Waals surface area (Å²) in [5, 5.41) is 0. The van der Waals surface area contributed by atoms with Crippen molar-refractivity contribution >= 4 is 0 Å². The number of hydrogen-bond acceptors (Lipinski definition) is 2. The Morgan fingerprint density at radius 2 is 1.88 bits per heavy atom. The lowest BCUT2D eigenvalue weighted by atomic mass is 10.0. The molecule has 0 atom stereocenters. The fourth-order valence-electron chi connectivity index (χ4n) is 1.93. The first-order valence-corrected chi connectivity index (χ1v) is 6.55. The van der Waals surface area contributed by atoms with Crippen LogP contribution in [0.4, 0.5) is 0 Å². The van der Waals surface area contributed by atoms with Crippen LogP contribution in [0, 0.1) is 0 Å². The zero-order chi connectivity index (χ0) is 12.5. The highest BCUT2D eigenvalue weighted by atomic mass is 16.5. The second-order valence-electron chi connectivity index (χ2n) is 4.23. The van der Waals surface area contributed by atoms with Crippen LogP contribution in [0.1, 0.15) is 37.8 Å². The van der Waals surface area contributed by atoms with Gasteiger partial charge in [-0.2, -0.15) is 0 Å². The molecule has 96 valence electrons. The molecule has 0 radical (unpaired) electrons. The first kappa shape index (κ1) is 14.0. The van der Waals surface area contributed by atoms with Crippen LogP contribution in [0.3, 0.4) is 0 Å². The number of rotatable bonds is 8. The lowest BCUT2D eigenvalue weighted by Crippen LogP contribution is -2.02. The summed E-state index contributed by atoms with van der Waals surface area (Å²) in [6, 6.07) is 6.46. The molecule has 0 unspecified atom stereocenters. The highest BCUT2D eigenvalue weighted by molar-refractivity contribution is 5.35. The highest BCUT2D eigenvalue weighted by Crippen LogP contribution is 2.20. The SMILES string of the molecule is CCCc1ccc(OCCCOC)cc1CC. The van der Waals surface area contributed by atoms with Crippen molar-refractivity contribution in [3.63, 3.8) is 0 Å². The summed E-state index contributed by atoms with van der Waals surface area (Å²) in [5.74, 6) is 0.984. The third kappa shape index (κ3) is 4.78. The molecule has 0 heterocycles. The van der Waals surface area contributed by atoms with Crippen LogP contribution in [-0.4, -0.2) is 20.3 Å². The van der Waals surface area contributed by atoms with E-state index in [2.05, 4.69) is 32.0 Å². The maximum atomic E-state index is 5.70. The Balaban J connectivity index is 2.56. The third-order valence-electron chi connectivity index (χ3n) is 2.84. The van der Waals surface area contributed by atoms with Gasteiger partial charge in [0.25, 0.3) is 0 Å². The lowest BCUT2D eigenvalue weighted by Gasteiger charge is -2.11. The third-order valence-corrected chi connectivity index (χ3v) is 2.84. The zero-order valence-electron chi connectivity index (χ0n) is 11.3. The molecule has 0 amide bonds. The molecule has 0 aromatic heterocycles. The molecule has 0 fully saturated rings. The summed E-state index contributed by atoms with van der Waals surface area (Å²) in [5.41, 5.74) is 2.87.